The fourth-order valence-corrected chi connectivity index (χ4v) is 3.56. The monoisotopic (exact) mass is 305 g/mol. The minimum atomic E-state index is -0.789. The molecule has 0 saturated heterocycles. The summed E-state index contributed by atoms with van der Waals surface area (Å²) in [5, 5.41) is 20.7. The number of hydrogen-bond acceptors (Lipinski definition) is 4. The lowest BCUT2D eigenvalue weighted by molar-refractivity contribution is -0.217. The van der Waals surface area contributed by atoms with Crippen LogP contribution in [0.3, 0.4) is 0 Å². The van der Waals surface area contributed by atoms with Crippen molar-refractivity contribution in [2.45, 2.75) is 26.2 Å². The maximum absolute atomic E-state index is 12.3. The van der Waals surface area contributed by atoms with Gasteiger partial charge in [0.1, 0.15) is 12.4 Å². The fraction of sp³-hybridized carbons (Fsp3) is 0.500. The van der Waals surface area contributed by atoms with E-state index < -0.39 is 16.8 Å². The molecule has 0 radical (unpaired) electrons. The van der Waals surface area contributed by atoms with Crippen LogP contribution in [0.5, 0.6) is 5.75 Å². The van der Waals surface area contributed by atoms with Gasteiger partial charge in [0, 0.05) is 5.69 Å². The maximum atomic E-state index is 12.3. The van der Waals surface area contributed by atoms with E-state index in [1.165, 1.54) is 0 Å². The molecule has 3 aliphatic rings. The van der Waals surface area contributed by atoms with Crippen molar-refractivity contribution >= 4 is 17.6 Å². The summed E-state index contributed by atoms with van der Waals surface area (Å²) in [7, 11) is 0. The number of aryl methyl sites for hydroxylation is 1. The minimum Gasteiger partial charge on any atom is -0.491 e. The normalized spacial score (nSPS) is 28.3. The number of benzene rings is 1. The van der Waals surface area contributed by atoms with E-state index in [0.29, 0.717) is 30.7 Å². The Kier molecular flexibility index (Phi) is 3.36. The Labute approximate surface area is 128 Å². The zero-order valence-corrected chi connectivity index (χ0v) is 12.4. The van der Waals surface area contributed by atoms with Crippen molar-refractivity contribution in [3.8, 4) is 5.75 Å². The van der Waals surface area contributed by atoms with Gasteiger partial charge in [-0.05, 0) is 49.9 Å². The third-order valence-corrected chi connectivity index (χ3v) is 4.75. The molecule has 6 heteroatoms. The first kappa shape index (κ1) is 14.8. The van der Waals surface area contributed by atoms with Gasteiger partial charge < -0.3 is 20.3 Å². The van der Waals surface area contributed by atoms with Gasteiger partial charge in [0.25, 0.3) is 0 Å². The highest BCUT2D eigenvalue weighted by molar-refractivity contribution is 6.01. The molecule has 0 atom stereocenters. The number of rotatable bonds is 6. The molecule has 22 heavy (non-hydrogen) atoms. The smallest absolute Gasteiger partial charge is 0.309 e. The van der Waals surface area contributed by atoms with Crippen molar-refractivity contribution in [2.24, 2.45) is 10.8 Å². The second kappa shape index (κ2) is 4.98. The summed E-state index contributed by atoms with van der Waals surface area (Å²) in [6.07, 6.45) is 1.33. The van der Waals surface area contributed by atoms with E-state index >= 15 is 0 Å². The van der Waals surface area contributed by atoms with E-state index in [0.717, 1.165) is 5.56 Å². The molecule has 6 nitrogen and oxygen atoms in total. The second-order valence-electron chi connectivity index (χ2n) is 6.40. The summed E-state index contributed by atoms with van der Waals surface area (Å²) in [4.78, 5) is 23.4. The topological polar surface area (TPSA) is 95.9 Å². The number of hydrogen-bond donors (Lipinski definition) is 3. The summed E-state index contributed by atoms with van der Waals surface area (Å²) in [6, 6.07) is 5.31. The average Bonchev–Trinajstić information content (AvgIpc) is 2.34. The Morgan fingerprint density at radius 1 is 1.27 bits per heavy atom. The zero-order valence-electron chi connectivity index (χ0n) is 12.4. The van der Waals surface area contributed by atoms with Gasteiger partial charge in [-0.3, -0.25) is 9.59 Å². The van der Waals surface area contributed by atoms with Crippen molar-refractivity contribution in [1.29, 1.82) is 0 Å². The second-order valence-corrected chi connectivity index (χ2v) is 6.40. The van der Waals surface area contributed by atoms with Crippen LogP contribution in [0.25, 0.3) is 0 Å². The van der Waals surface area contributed by atoms with Crippen LogP contribution < -0.4 is 10.1 Å². The molecule has 0 aromatic heterocycles. The summed E-state index contributed by atoms with van der Waals surface area (Å²) in [6.45, 7) is 2.04. The predicted octanol–water partition coefficient (Wildman–Crippen LogP) is 1.56. The van der Waals surface area contributed by atoms with Gasteiger partial charge in [-0.2, -0.15) is 0 Å². The number of carboxylic acids is 1. The van der Waals surface area contributed by atoms with Gasteiger partial charge in [-0.25, -0.2) is 0 Å². The van der Waals surface area contributed by atoms with Crippen LogP contribution in [0, 0.1) is 17.8 Å². The molecule has 0 aliphatic heterocycles. The van der Waals surface area contributed by atoms with Crippen LogP contribution >= 0.6 is 0 Å². The first-order valence-corrected chi connectivity index (χ1v) is 7.30. The number of carboxylic acid groups (broad SMARTS) is 1. The standard InChI is InChI=1S/C16H19NO5/c1-10-6-11(2-3-12(10)22-5-4-18)17-13(19)15-7-16(8-15,9-15)14(20)21/h2-3,6,18H,4-5,7-9H2,1H3,(H,17,19)(H,20,21). The third-order valence-electron chi connectivity index (χ3n) is 4.75. The molecular formula is C16H19NO5. The van der Waals surface area contributed by atoms with Gasteiger partial charge in [-0.15, -0.1) is 0 Å². The number of nitrogens with one attached hydrogen (secondary N) is 1. The molecule has 4 rings (SSSR count). The van der Waals surface area contributed by atoms with Crippen molar-refractivity contribution in [3.63, 3.8) is 0 Å². The average molecular weight is 305 g/mol. The lowest BCUT2D eigenvalue weighted by Gasteiger charge is -2.66. The third kappa shape index (κ3) is 2.14. The highest BCUT2D eigenvalue weighted by Gasteiger charge is 2.75. The van der Waals surface area contributed by atoms with E-state index in [1.54, 1.807) is 12.1 Å². The number of anilines is 1. The fourth-order valence-electron chi connectivity index (χ4n) is 3.56. The van der Waals surface area contributed by atoms with Gasteiger partial charge in [-0.1, -0.05) is 0 Å². The molecule has 0 spiro atoms. The Balaban J connectivity index is 1.62. The van der Waals surface area contributed by atoms with Crippen LogP contribution in [-0.4, -0.2) is 35.3 Å². The molecule has 3 fully saturated rings. The number of carbonyl (C=O) groups is 2. The number of amides is 1. The predicted molar refractivity (Wildman–Crippen MR) is 78.7 cm³/mol. The number of carbonyl (C=O) groups excluding carboxylic acids is 1. The number of ether oxygens (including phenoxy) is 1. The number of aliphatic hydroxyl groups excluding tert-OH is 1. The molecule has 118 valence electrons. The van der Waals surface area contributed by atoms with Crippen LogP contribution in [-0.2, 0) is 9.59 Å². The lowest BCUT2D eigenvalue weighted by atomic mass is 9.35. The van der Waals surface area contributed by atoms with Crippen LogP contribution in [0.1, 0.15) is 24.8 Å². The van der Waals surface area contributed by atoms with Gasteiger partial charge in [0.15, 0.2) is 0 Å². The van der Waals surface area contributed by atoms with E-state index in [9.17, 15) is 9.59 Å². The van der Waals surface area contributed by atoms with Crippen LogP contribution in [0.15, 0.2) is 18.2 Å². The van der Waals surface area contributed by atoms with E-state index in [4.69, 9.17) is 14.9 Å². The number of aliphatic carboxylic acids is 1. The Morgan fingerprint density at radius 2 is 1.95 bits per heavy atom. The van der Waals surface area contributed by atoms with Crippen LogP contribution in [0.4, 0.5) is 5.69 Å². The molecule has 3 N–H and O–H groups in total. The van der Waals surface area contributed by atoms with E-state index in [1.807, 2.05) is 13.0 Å². The molecule has 3 saturated carbocycles. The molecule has 0 heterocycles. The number of aliphatic hydroxyl groups is 1. The first-order valence-electron chi connectivity index (χ1n) is 7.30. The molecule has 2 bridgehead atoms. The molecule has 3 aliphatic carbocycles. The molecule has 1 amide bonds. The summed E-state index contributed by atoms with van der Waals surface area (Å²) in [5.74, 6) is -0.218. The summed E-state index contributed by atoms with van der Waals surface area (Å²) < 4.78 is 5.36. The summed E-state index contributed by atoms with van der Waals surface area (Å²) in [5.41, 5.74) is 0.409. The van der Waals surface area contributed by atoms with Crippen molar-refractivity contribution in [1.82, 2.24) is 0 Å². The highest BCUT2D eigenvalue weighted by atomic mass is 16.5. The SMILES string of the molecule is Cc1cc(NC(=O)C23CC(C(=O)O)(C2)C3)ccc1OCCO. The largest absolute Gasteiger partial charge is 0.491 e. The van der Waals surface area contributed by atoms with Gasteiger partial charge >= 0.3 is 5.97 Å². The summed E-state index contributed by atoms with van der Waals surface area (Å²) >= 11 is 0. The molecular weight excluding hydrogens is 286 g/mol. The van der Waals surface area contributed by atoms with Gasteiger partial charge in [0.05, 0.1) is 17.4 Å². The van der Waals surface area contributed by atoms with Crippen molar-refractivity contribution in [2.75, 3.05) is 18.5 Å². The maximum Gasteiger partial charge on any atom is 0.309 e. The Bertz CT molecular complexity index is 620. The Hall–Kier alpha value is -2.08. The molecule has 1 aromatic rings. The Morgan fingerprint density at radius 3 is 2.50 bits per heavy atom. The van der Waals surface area contributed by atoms with Gasteiger partial charge in [0.2, 0.25) is 5.91 Å². The first-order chi connectivity index (χ1) is 10.4. The van der Waals surface area contributed by atoms with Crippen LogP contribution in [0.2, 0.25) is 0 Å². The van der Waals surface area contributed by atoms with Crippen molar-refractivity contribution in [3.05, 3.63) is 23.8 Å². The molecule has 0 unspecified atom stereocenters. The highest BCUT2D eigenvalue weighted by Crippen LogP contribution is 2.73. The quantitative estimate of drug-likeness (QED) is 0.741. The van der Waals surface area contributed by atoms with E-state index in [2.05, 4.69) is 5.32 Å². The van der Waals surface area contributed by atoms with E-state index in [-0.39, 0.29) is 19.1 Å². The lowest BCUT2D eigenvalue weighted by Crippen LogP contribution is -2.69. The zero-order chi connectivity index (χ0) is 16.0. The minimum absolute atomic E-state index is 0.0498. The van der Waals surface area contributed by atoms with Crippen molar-refractivity contribution < 1.29 is 24.5 Å². The molecule has 1 aromatic carbocycles.